The van der Waals surface area contributed by atoms with Crippen LogP contribution < -0.4 is 5.32 Å². The minimum Gasteiger partial charge on any atom is -0.480 e. The third-order valence-corrected chi connectivity index (χ3v) is 4.36. The number of hydrogen-bond acceptors (Lipinski definition) is 3. The van der Waals surface area contributed by atoms with Crippen LogP contribution in [0.5, 0.6) is 0 Å². The lowest BCUT2D eigenvalue weighted by Gasteiger charge is -2.33. The Balaban J connectivity index is 1.76. The van der Waals surface area contributed by atoms with Crippen molar-refractivity contribution in [2.24, 2.45) is 0 Å². The van der Waals surface area contributed by atoms with E-state index in [1.54, 1.807) is 12.1 Å². The summed E-state index contributed by atoms with van der Waals surface area (Å²) in [5.74, 6) is -1.39. The highest BCUT2D eigenvalue weighted by molar-refractivity contribution is 5.98. The number of carbonyl (C=O) groups excluding carboxylic acids is 1. The minimum absolute atomic E-state index is 0.274. The molecule has 5 nitrogen and oxygen atoms in total. The molecule has 1 heterocycles. The van der Waals surface area contributed by atoms with Gasteiger partial charge in [-0.25, -0.2) is 4.79 Å². The predicted octanol–water partition coefficient (Wildman–Crippen LogP) is 2.72. The van der Waals surface area contributed by atoms with Crippen LogP contribution in [0.4, 0.5) is 0 Å². The fourth-order valence-electron chi connectivity index (χ4n) is 2.85. The van der Waals surface area contributed by atoms with Crippen molar-refractivity contribution in [2.45, 2.75) is 18.4 Å². The van der Waals surface area contributed by atoms with E-state index in [1.807, 2.05) is 42.5 Å². The molecular formula is C19H19NO4. The summed E-state index contributed by atoms with van der Waals surface area (Å²) in [6.45, 7) is 0.666. The summed E-state index contributed by atoms with van der Waals surface area (Å²) in [4.78, 5) is 24.1. The molecule has 1 saturated heterocycles. The maximum absolute atomic E-state index is 12.5. The normalized spacial score (nSPS) is 16.3. The topological polar surface area (TPSA) is 75.6 Å². The molecule has 0 atom stereocenters. The molecule has 2 aromatic rings. The average Bonchev–Trinajstić information content (AvgIpc) is 2.63. The largest absolute Gasteiger partial charge is 0.480 e. The molecule has 1 fully saturated rings. The summed E-state index contributed by atoms with van der Waals surface area (Å²) >= 11 is 0. The number of benzene rings is 2. The standard InChI is InChI=1S/C19H19NO4/c21-17(20-19(18(22)23)10-12-24-13-11-19)16-8-6-15(7-9-16)14-4-2-1-3-5-14/h1-9H,10-13H2,(H,20,21)(H,22,23). The first-order chi connectivity index (χ1) is 11.6. The van der Waals surface area contributed by atoms with Gasteiger partial charge in [0.2, 0.25) is 0 Å². The molecule has 124 valence electrons. The van der Waals surface area contributed by atoms with E-state index >= 15 is 0 Å². The van der Waals surface area contributed by atoms with Gasteiger partial charge in [0.1, 0.15) is 5.54 Å². The maximum atomic E-state index is 12.5. The first-order valence-electron chi connectivity index (χ1n) is 7.90. The fraction of sp³-hybridized carbons (Fsp3) is 0.263. The molecule has 0 saturated carbocycles. The average molecular weight is 325 g/mol. The number of aliphatic carboxylic acids is 1. The van der Waals surface area contributed by atoms with Gasteiger partial charge in [-0.15, -0.1) is 0 Å². The number of carboxylic acid groups (broad SMARTS) is 1. The number of amides is 1. The molecule has 0 bridgehead atoms. The van der Waals surface area contributed by atoms with Crippen LogP contribution in [-0.2, 0) is 9.53 Å². The highest BCUT2D eigenvalue weighted by Gasteiger charge is 2.41. The van der Waals surface area contributed by atoms with Crippen molar-refractivity contribution >= 4 is 11.9 Å². The Kier molecular flexibility index (Phi) is 4.62. The van der Waals surface area contributed by atoms with E-state index in [9.17, 15) is 14.7 Å². The van der Waals surface area contributed by atoms with Gasteiger partial charge < -0.3 is 15.2 Å². The van der Waals surface area contributed by atoms with Gasteiger partial charge in [0.05, 0.1) is 0 Å². The van der Waals surface area contributed by atoms with Crippen LogP contribution in [0.15, 0.2) is 54.6 Å². The number of hydrogen-bond donors (Lipinski definition) is 2. The Labute approximate surface area is 140 Å². The molecule has 1 aliphatic heterocycles. The molecule has 0 aromatic heterocycles. The molecule has 3 rings (SSSR count). The molecule has 0 unspecified atom stereocenters. The Hall–Kier alpha value is -2.66. The molecular weight excluding hydrogens is 306 g/mol. The van der Waals surface area contributed by atoms with Gasteiger partial charge in [0.25, 0.3) is 5.91 Å². The number of ether oxygens (including phenoxy) is 1. The van der Waals surface area contributed by atoms with Crippen molar-refractivity contribution in [3.8, 4) is 11.1 Å². The Bertz CT molecular complexity index is 719. The molecule has 5 heteroatoms. The summed E-state index contributed by atoms with van der Waals surface area (Å²) in [7, 11) is 0. The van der Waals surface area contributed by atoms with Crippen molar-refractivity contribution in [2.75, 3.05) is 13.2 Å². The fourth-order valence-corrected chi connectivity index (χ4v) is 2.85. The van der Waals surface area contributed by atoms with Crippen LogP contribution in [0.3, 0.4) is 0 Å². The maximum Gasteiger partial charge on any atom is 0.329 e. The van der Waals surface area contributed by atoms with E-state index in [1.165, 1.54) is 0 Å². The number of carbonyl (C=O) groups is 2. The van der Waals surface area contributed by atoms with E-state index < -0.39 is 11.5 Å². The third-order valence-electron chi connectivity index (χ3n) is 4.36. The molecule has 2 N–H and O–H groups in total. The van der Waals surface area contributed by atoms with E-state index in [4.69, 9.17) is 4.74 Å². The Morgan fingerprint density at radius 2 is 1.50 bits per heavy atom. The first kappa shape index (κ1) is 16.2. The van der Waals surface area contributed by atoms with Crippen molar-refractivity contribution in [1.29, 1.82) is 0 Å². The zero-order valence-electron chi connectivity index (χ0n) is 13.2. The SMILES string of the molecule is O=C(NC1(C(=O)O)CCOCC1)c1ccc(-c2ccccc2)cc1. The summed E-state index contributed by atoms with van der Waals surface area (Å²) in [6, 6.07) is 17.0. The Morgan fingerprint density at radius 3 is 2.08 bits per heavy atom. The van der Waals surface area contributed by atoms with Gasteiger partial charge >= 0.3 is 5.97 Å². The number of carboxylic acids is 1. The summed E-state index contributed by atoms with van der Waals surface area (Å²) in [5.41, 5.74) is 1.27. The molecule has 0 aliphatic carbocycles. The van der Waals surface area contributed by atoms with Crippen molar-refractivity contribution in [3.05, 3.63) is 60.2 Å². The van der Waals surface area contributed by atoms with Crippen LogP contribution in [0.2, 0.25) is 0 Å². The van der Waals surface area contributed by atoms with E-state index in [0.29, 0.717) is 18.8 Å². The van der Waals surface area contributed by atoms with Crippen LogP contribution in [0.25, 0.3) is 11.1 Å². The lowest BCUT2D eigenvalue weighted by atomic mass is 9.89. The van der Waals surface area contributed by atoms with Gasteiger partial charge in [-0.1, -0.05) is 42.5 Å². The summed E-state index contributed by atoms with van der Waals surface area (Å²) < 4.78 is 5.21. The monoisotopic (exact) mass is 325 g/mol. The number of rotatable bonds is 4. The van der Waals surface area contributed by atoms with Crippen LogP contribution >= 0.6 is 0 Å². The zero-order valence-corrected chi connectivity index (χ0v) is 13.2. The quantitative estimate of drug-likeness (QED) is 0.906. The van der Waals surface area contributed by atoms with Crippen molar-refractivity contribution < 1.29 is 19.4 Å². The van der Waals surface area contributed by atoms with Crippen LogP contribution in [-0.4, -0.2) is 35.7 Å². The Morgan fingerprint density at radius 1 is 0.917 bits per heavy atom. The van der Waals surface area contributed by atoms with E-state index in [0.717, 1.165) is 11.1 Å². The van der Waals surface area contributed by atoms with Gasteiger partial charge in [-0.2, -0.15) is 0 Å². The van der Waals surface area contributed by atoms with Crippen molar-refractivity contribution in [1.82, 2.24) is 5.32 Å². The van der Waals surface area contributed by atoms with Gasteiger partial charge in [0, 0.05) is 31.6 Å². The van der Waals surface area contributed by atoms with Crippen molar-refractivity contribution in [3.63, 3.8) is 0 Å². The van der Waals surface area contributed by atoms with E-state index in [-0.39, 0.29) is 18.7 Å². The second-order valence-electron chi connectivity index (χ2n) is 5.90. The summed E-state index contributed by atoms with van der Waals surface area (Å²) in [5, 5.41) is 12.2. The second-order valence-corrected chi connectivity index (χ2v) is 5.90. The minimum atomic E-state index is -1.24. The smallest absolute Gasteiger partial charge is 0.329 e. The lowest BCUT2D eigenvalue weighted by molar-refractivity contribution is -0.148. The molecule has 24 heavy (non-hydrogen) atoms. The van der Waals surface area contributed by atoms with Gasteiger partial charge in [0.15, 0.2) is 0 Å². The van der Waals surface area contributed by atoms with E-state index in [2.05, 4.69) is 5.32 Å². The molecule has 2 aromatic carbocycles. The predicted molar refractivity (Wildman–Crippen MR) is 89.8 cm³/mol. The highest BCUT2D eigenvalue weighted by Crippen LogP contribution is 2.23. The summed E-state index contributed by atoms with van der Waals surface area (Å²) in [6.07, 6.45) is 0.548. The third kappa shape index (κ3) is 3.31. The molecule has 0 radical (unpaired) electrons. The second kappa shape index (κ2) is 6.84. The van der Waals surface area contributed by atoms with Gasteiger partial charge in [-0.3, -0.25) is 4.79 Å². The number of nitrogens with one attached hydrogen (secondary N) is 1. The van der Waals surface area contributed by atoms with Gasteiger partial charge in [-0.05, 0) is 23.3 Å². The zero-order chi connectivity index (χ0) is 17.0. The highest BCUT2D eigenvalue weighted by atomic mass is 16.5. The molecule has 1 amide bonds. The van der Waals surface area contributed by atoms with Crippen LogP contribution in [0.1, 0.15) is 23.2 Å². The molecule has 1 aliphatic rings. The first-order valence-corrected chi connectivity index (χ1v) is 7.90. The van der Waals surface area contributed by atoms with Crippen LogP contribution in [0, 0.1) is 0 Å². The molecule has 0 spiro atoms. The lowest BCUT2D eigenvalue weighted by Crippen LogP contribution is -2.57.